The molecule has 1 unspecified atom stereocenters. The first-order valence-corrected chi connectivity index (χ1v) is 13.0. The van der Waals surface area contributed by atoms with E-state index in [2.05, 4.69) is 35.3 Å². The molecule has 1 aromatic heterocycles. The highest BCUT2D eigenvalue weighted by Crippen LogP contribution is 2.35. The maximum atomic E-state index is 13.2. The highest BCUT2D eigenvalue weighted by atomic mass is 19.4. The standard InChI is InChI=1S/C27H38F3N3O.C2H4/c1-3-23(33-16-13-20(14-17-33)24-10-6-7-11-26(24)34)9-5-4-8-21-18-22(27(28,29)30)19-32-25(21)12-15-31-2;1-2/h6-7,10-11,18-20,23,31,34H,3-5,8-9,12-17H2,1-2H3;1-2H2. The number of nitrogens with zero attached hydrogens (tertiary/aromatic N) is 2. The Labute approximate surface area is 214 Å². The zero-order valence-electron chi connectivity index (χ0n) is 21.8. The number of aromatic nitrogens is 1. The molecule has 4 nitrogen and oxygen atoms in total. The summed E-state index contributed by atoms with van der Waals surface area (Å²) >= 11 is 0. The van der Waals surface area contributed by atoms with Gasteiger partial charge in [0.2, 0.25) is 0 Å². The van der Waals surface area contributed by atoms with Crippen molar-refractivity contribution in [1.82, 2.24) is 15.2 Å². The van der Waals surface area contributed by atoms with Crippen LogP contribution in [0.25, 0.3) is 0 Å². The van der Waals surface area contributed by atoms with E-state index in [0.29, 0.717) is 37.1 Å². The van der Waals surface area contributed by atoms with Crippen molar-refractivity contribution in [3.05, 3.63) is 72.1 Å². The van der Waals surface area contributed by atoms with E-state index in [1.165, 1.54) is 6.07 Å². The van der Waals surface area contributed by atoms with E-state index in [-0.39, 0.29) is 0 Å². The van der Waals surface area contributed by atoms with Crippen molar-refractivity contribution >= 4 is 0 Å². The molecule has 7 heteroatoms. The number of aromatic hydroxyl groups is 1. The van der Waals surface area contributed by atoms with Crippen molar-refractivity contribution < 1.29 is 18.3 Å². The van der Waals surface area contributed by atoms with Crippen molar-refractivity contribution in [1.29, 1.82) is 0 Å². The van der Waals surface area contributed by atoms with Gasteiger partial charge in [-0.1, -0.05) is 31.5 Å². The number of hydrogen-bond donors (Lipinski definition) is 2. The third-order valence-electron chi connectivity index (χ3n) is 7.13. The zero-order valence-corrected chi connectivity index (χ0v) is 21.8. The molecule has 0 bridgehead atoms. The van der Waals surface area contributed by atoms with Gasteiger partial charge in [0.1, 0.15) is 5.75 Å². The summed E-state index contributed by atoms with van der Waals surface area (Å²) in [4.78, 5) is 6.69. The summed E-state index contributed by atoms with van der Waals surface area (Å²) in [7, 11) is 1.83. The smallest absolute Gasteiger partial charge is 0.417 e. The Kier molecular flexibility index (Phi) is 12.4. The van der Waals surface area contributed by atoms with Gasteiger partial charge in [-0.15, -0.1) is 13.2 Å². The van der Waals surface area contributed by atoms with Gasteiger partial charge in [0.05, 0.1) is 5.56 Å². The molecule has 1 atom stereocenters. The number of hydrogen-bond acceptors (Lipinski definition) is 4. The lowest BCUT2D eigenvalue weighted by Crippen LogP contribution is -2.40. The van der Waals surface area contributed by atoms with E-state index < -0.39 is 11.7 Å². The monoisotopic (exact) mass is 505 g/mol. The van der Waals surface area contributed by atoms with Crippen LogP contribution in [0, 0.1) is 0 Å². The van der Waals surface area contributed by atoms with Crippen LogP contribution >= 0.6 is 0 Å². The minimum atomic E-state index is -4.36. The van der Waals surface area contributed by atoms with Crippen LogP contribution in [-0.2, 0) is 19.0 Å². The lowest BCUT2D eigenvalue weighted by molar-refractivity contribution is -0.137. The Morgan fingerprint density at radius 1 is 1.14 bits per heavy atom. The van der Waals surface area contributed by atoms with Gasteiger partial charge in [-0.3, -0.25) is 4.98 Å². The molecule has 1 aromatic carbocycles. The van der Waals surface area contributed by atoms with Gasteiger partial charge >= 0.3 is 6.18 Å². The summed E-state index contributed by atoms with van der Waals surface area (Å²) in [5, 5.41) is 13.2. The Balaban J connectivity index is 0.00000222. The molecule has 0 saturated carbocycles. The van der Waals surface area contributed by atoms with Gasteiger partial charge in [-0.25, -0.2) is 0 Å². The average Bonchev–Trinajstić information content (AvgIpc) is 2.89. The van der Waals surface area contributed by atoms with Crippen LogP contribution in [0.1, 0.15) is 73.8 Å². The summed E-state index contributed by atoms with van der Waals surface area (Å²) < 4.78 is 39.6. The molecular weight excluding hydrogens is 463 g/mol. The van der Waals surface area contributed by atoms with Gasteiger partial charge < -0.3 is 15.3 Å². The molecule has 2 N–H and O–H groups in total. The third kappa shape index (κ3) is 8.63. The first kappa shape index (κ1) is 29.8. The number of pyridine rings is 1. The number of likely N-dealkylation sites (tertiary alicyclic amines) is 1. The number of aryl methyl sites for hydroxylation is 1. The SMILES string of the molecule is C=C.CCC(CCCCc1cc(C(F)(F)F)cnc1CCNC)N1CCC(c2ccccc2O)CC1. The quantitative estimate of drug-likeness (QED) is 0.262. The number of phenols is 1. The van der Waals surface area contributed by atoms with Crippen molar-refractivity contribution in [3.63, 3.8) is 0 Å². The van der Waals surface area contributed by atoms with Gasteiger partial charge in [0.15, 0.2) is 0 Å². The summed E-state index contributed by atoms with van der Waals surface area (Å²) in [6, 6.07) is 9.43. The van der Waals surface area contributed by atoms with E-state index in [1.54, 1.807) is 6.07 Å². The Hall–Kier alpha value is -2.38. The summed E-state index contributed by atoms with van der Waals surface area (Å²) in [6.07, 6.45) is 3.91. The fourth-order valence-corrected chi connectivity index (χ4v) is 5.13. The highest BCUT2D eigenvalue weighted by Gasteiger charge is 2.31. The van der Waals surface area contributed by atoms with Crippen LogP contribution in [0.3, 0.4) is 0 Å². The summed E-state index contributed by atoms with van der Waals surface area (Å²) in [6.45, 7) is 10.9. The average molecular weight is 506 g/mol. The van der Waals surface area contributed by atoms with E-state index in [1.807, 2.05) is 25.2 Å². The van der Waals surface area contributed by atoms with E-state index in [9.17, 15) is 18.3 Å². The summed E-state index contributed by atoms with van der Waals surface area (Å²) in [5.41, 5.74) is 1.88. The van der Waals surface area contributed by atoms with Crippen LogP contribution in [0.2, 0.25) is 0 Å². The molecule has 2 aromatic rings. The van der Waals surface area contributed by atoms with Crippen LogP contribution in [0.15, 0.2) is 49.7 Å². The van der Waals surface area contributed by atoms with Crippen molar-refractivity contribution in [3.8, 4) is 5.75 Å². The third-order valence-corrected chi connectivity index (χ3v) is 7.13. The maximum absolute atomic E-state index is 13.2. The minimum Gasteiger partial charge on any atom is -0.508 e. The van der Waals surface area contributed by atoms with Crippen LogP contribution in [0.5, 0.6) is 5.75 Å². The molecule has 1 aliphatic heterocycles. The lowest BCUT2D eigenvalue weighted by atomic mass is 9.87. The first-order chi connectivity index (χ1) is 17.3. The molecule has 2 heterocycles. The molecule has 1 saturated heterocycles. The minimum absolute atomic E-state index is 0.395. The van der Waals surface area contributed by atoms with Crippen molar-refractivity contribution in [2.24, 2.45) is 0 Å². The molecule has 3 rings (SSSR count). The molecule has 0 radical (unpaired) electrons. The number of nitrogens with one attached hydrogen (secondary N) is 1. The Morgan fingerprint density at radius 2 is 1.83 bits per heavy atom. The van der Waals surface area contributed by atoms with Crippen molar-refractivity contribution in [2.45, 2.75) is 76.4 Å². The normalized spacial score (nSPS) is 15.8. The number of phenolic OH excluding ortho intramolecular Hbond substituents is 1. The zero-order chi connectivity index (χ0) is 26.6. The second kappa shape index (κ2) is 15.0. The van der Waals surface area contributed by atoms with E-state index in [4.69, 9.17) is 0 Å². The lowest BCUT2D eigenvalue weighted by Gasteiger charge is -2.37. The van der Waals surface area contributed by atoms with Gasteiger partial charge in [0.25, 0.3) is 0 Å². The molecule has 0 aliphatic carbocycles. The fraction of sp³-hybridized carbons (Fsp3) is 0.552. The van der Waals surface area contributed by atoms with Gasteiger partial charge in [0, 0.05) is 30.9 Å². The molecule has 0 spiro atoms. The number of likely N-dealkylation sites (N-methyl/N-ethyl adjacent to an activating group) is 1. The van der Waals surface area contributed by atoms with Gasteiger partial charge in [-0.05, 0) is 87.8 Å². The number of para-hydroxylation sites is 1. The summed E-state index contributed by atoms with van der Waals surface area (Å²) in [5.74, 6) is 0.797. The predicted octanol–water partition coefficient (Wildman–Crippen LogP) is 6.74. The molecule has 1 aliphatic rings. The van der Waals surface area contributed by atoms with E-state index in [0.717, 1.165) is 74.6 Å². The number of unbranched alkanes of at least 4 members (excludes halogenated alkanes) is 1. The van der Waals surface area contributed by atoms with Crippen LogP contribution in [0.4, 0.5) is 13.2 Å². The van der Waals surface area contributed by atoms with Crippen molar-refractivity contribution in [2.75, 3.05) is 26.7 Å². The van der Waals surface area contributed by atoms with E-state index >= 15 is 0 Å². The fourth-order valence-electron chi connectivity index (χ4n) is 5.13. The van der Waals surface area contributed by atoms with Gasteiger partial charge in [-0.2, -0.15) is 13.2 Å². The number of piperidine rings is 1. The highest BCUT2D eigenvalue weighted by molar-refractivity contribution is 5.35. The first-order valence-electron chi connectivity index (χ1n) is 13.0. The van der Waals surface area contributed by atoms with Crippen LogP contribution in [-0.4, -0.2) is 47.7 Å². The largest absolute Gasteiger partial charge is 0.508 e. The Bertz CT molecular complexity index is 911. The molecule has 0 amide bonds. The number of benzene rings is 1. The number of alkyl halides is 3. The molecule has 1 fully saturated rings. The van der Waals surface area contributed by atoms with Crippen LogP contribution < -0.4 is 5.32 Å². The predicted molar refractivity (Wildman–Crippen MR) is 141 cm³/mol. The number of halogens is 3. The number of rotatable bonds is 11. The Morgan fingerprint density at radius 3 is 2.44 bits per heavy atom. The topological polar surface area (TPSA) is 48.4 Å². The second-order valence-electron chi connectivity index (χ2n) is 9.36. The molecule has 200 valence electrons. The second-order valence-corrected chi connectivity index (χ2v) is 9.36. The maximum Gasteiger partial charge on any atom is 0.417 e. The molecule has 36 heavy (non-hydrogen) atoms. The molecular formula is C29H42F3N3O.